The number of nitrogens with two attached hydrogens (primary N) is 1. The minimum atomic E-state index is -3.40. The van der Waals surface area contributed by atoms with E-state index in [9.17, 15) is 13.9 Å². The summed E-state index contributed by atoms with van der Waals surface area (Å²) >= 11 is 0. The molecule has 4 N–H and O–H groups in total. The smallest absolute Gasteiger partial charge is 0.290 e. The highest BCUT2D eigenvalue weighted by atomic mass is 19.3. The van der Waals surface area contributed by atoms with Gasteiger partial charge < -0.3 is 16.2 Å². The van der Waals surface area contributed by atoms with Crippen LogP contribution in [0.2, 0.25) is 0 Å². The van der Waals surface area contributed by atoms with Crippen LogP contribution in [0, 0.1) is 0 Å². The average Bonchev–Trinajstić information content (AvgIpc) is 2.60. The summed E-state index contributed by atoms with van der Waals surface area (Å²) < 4.78 is 29.2. The number of aliphatic hydroxyl groups excluding tert-OH is 1. The Morgan fingerprint density at radius 2 is 1.42 bits per heavy atom. The van der Waals surface area contributed by atoms with Crippen molar-refractivity contribution in [2.75, 3.05) is 7.05 Å². The fourth-order valence-electron chi connectivity index (χ4n) is 2.73. The number of alkyl halides is 2. The molecule has 130 valence electrons. The first-order valence-corrected chi connectivity index (χ1v) is 8.01. The summed E-state index contributed by atoms with van der Waals surface area (Å²) in [6, 6.07) is 15.9. The summed E-state index contributed by atoms with van der Waals surface area (Å²) in [6.45, 7) is 0. The van der Waals surface area contributed by atoms with Crippen LogP contribution >= 0.6 is 0 Å². The van der Waals surface area contributed by atoms with Crippen molar-refractivity contribution in [3.63, 3.8) is 0 Å². The topological polar surface area (TPSA) is 58.3 Å². The molecule has 0 aliphatic carbocycles. The van der Waals surface area contributed by atoms with E-state index in [0.29, 0.717) is 6.42 Å². The summed E-state index contributed by atoms with van der Waals surface area (Å²) in [5, 5.41) is 13.0. The molecule has 0 amide bonds. The van der Waals surface area contributed by atoms with E-state index in [-0.39, 0.29) is 6.42 Å². The summed E-state index contributed by atoms with van der Waals surface area (Å²) in [7, 11) is 1.57. The maximum absolute atomic E-state index is 14.6. The van der Waals surface area contributed by atoms with Crippen LogP contribution in [0.3, 0.4) is 0 Å². The van der Waals surface area contributed by atoms with Crippen molar-refractivity contribution in [2.24, 2.45) is 5.73 Å². The first kappa shape index (κ1) is 18.5. The van der Waals surface area contributed by atoms with E-state index in [4.69, 9.17) is 5.73 Å². The van der Waals surface area contributed by atoms with Gasteiger partial charge in [0.15, 0.2) is 0 Å². The summed E-state index contributed by atoms with van der Waals surface area (Å²) in [5.74, 6) is -3.40. The van der Waals surface area contributed by atoms with Crippen LogP contribution in [-0.2, 0) is 12.8 Å². The van der Waals surface area contributed by atoms with E-state index in [0.717, 1.165) is 11.1 Å². The lowest BCUT2D eigenvalue weighted by atomic mass is 9.91. The first-order chi connectivity index (χ1) is 11.4. The fraction of sp³-hybridized carbons (Fsp3) is 0.368. The van der Waals surface area contributed by atoms with Crippen LogP contribution in [0.1, 0.15) is 11.1 Å². The molecule has 0 saturated carbocycles. The third-order valence-corrected chi connectivity index (χ3v) is 4.24. The van der Waals surface area contributed by atoms with Crippen LogP contribution in [0.15, 0.2) is 60.7 Å². The molecule has 3 atom stereocenters. The lowest BCUT2D eigenvalue weighted by Crippen LogP contribution is -2.58. The molecule has 3 nitrogen and oxygen atoms in total. The van der Waals surface area contributed by atoms with Crippen molar-refractivity contribution >= 4 is 0 Å². The highest BCUT2D eigenvalue weighted by Gasteiger charge is 2.47. The Labute approximate surface area is 141 Å². The Kier molecular flexibility index (Phi) is 6.43. The second-order valence-electron chi connectivity index (χ2n) is 6.00. The molecule has 2 aromatic carbocycles. The summed E-state index contributed by atoms with van der Waals surface area (Å²) in [5.41, 5.74) is 7.33. The number of likely N-dealkylation sites (N-methyl/N-ethyl adjacent to an activating group) is 1. The quantitative estimate of drug-likeness (QED) is 0.695. The molecule has 24 heavy (non-hydrogen) atoms. The maximum Gasteiger partial charge on any atom is 0.290 e. The zero-order valence-electron chi connectivity index (χ0n) is 13.7. The van der Waals surface area contributed by atoms with E-state index in [2.05, 4.69) is 5.32 Å². The van der Waals surface area contributed by atoms with Crippen molar-refractivity contribution in [1.82, 2.24) is 5.32 Å². The van der Waals surface area contributed by atoms with Crippen molar-refractivity contribution in [3.8, 4) is 0 Å². The van der Waals surface area contributed by atoms with E-state index in [1.54, 1.807) is 31.3 Å². The number of nitrogens with one attached hydrogen (secondary N) is 1. The van der Waals surface area contributed by atoms with Gasteiger partial charge in [-0.05, 0) is 31.0 Å². The van der Waals surface area contributed by atoms with Crippen LogP contribution in [-0.4, -0.2) is 36.3 Å². The molecule has 2 unspecified atom stereocenters. The van der Waals surface area contributed by atoms with Gasteiger partial charge in [-0.15, -0.1) is 0 Å². The SMILES string of the molecule is CN[C@@H](Cc1ccccc1)C(O)C(F)(F)C(N)Cc1ccccc1. The molecule has 0 radical (unpaired) electrons. The summed E-state index contributed by atoms with van der Waals surface area (Å²) in [4.78, 5) is 0. The van der Waals surface area contributed by atoms with Crippen LogP contribution in [0.25, 0.3) is 0 Å². The third kappa shape index (κ3) is 4.60. The Hall–Kier alpha value is -1.82. The van der Waals surface area contributed by atoms with Gasteiger partial charge >= 0.3 is 0 Å². The number of hydrogen-bond donors (Lipinski definition) is 3. The van der Waals surface area contributed by atoms with Crippen molar-refractivity contribution in [1.29, 1.82) is 0 Å². The van der Waals surface area contributed by atoms with Gasteiger partial charge in [0.2, 0.25) is 0 Å². The number of aliphatic hydroxyl groups is 1. The van der Waals surface area contributed by atoms with Gasteiger partial charge in [0, 0.05) is 6.04 Å². The number of hydrogen-bond acceptors (Lipinski definition) is 3. The van der Waals surface area contributed by atoms with E-state index in [1.807, 2.05) is 36.4 Å². The Balaban J connectivity index is 2.07. The van der Waals surface area contributed by atoms with Gasteiger partial charge in [0.25, 0.3) is 5.92 Å². The van der Waals surface area contributed by atoms with Gasteiger partial charge in [0.05, 0.1) is 6.04 Å². The predicted molar refractivity (Wildman–Crippen MR) is 92.1 cm³/mol. The molecule has 2 rings (SSSR count). The van der Waals surface area contributed by atoms with Crippen LogP contribution < -0.4 is 11.1 Å². The molecule has 0 aliphatic heterocycles. The van der Waals surface area contributed by atoms with Crippen molar-refractivity contribution in [2.45, 2.75) is 37.0 Å². The minimum absolute atomic E-state index is 0.00662. The maximum atomic E-state index is 14.6. The Bertz CT molecular complexity index is 607. The first-order valence-electron chi connectivity index (χ1n) is 8.01. The molecule has 0 saturated heterocycles. The van der Waals surface area contributed by atoms with E-state index < -0.39 is 24.1 Å². The number of halogens is 2. The van der Waals surface area contributed by atoms with Crippen LogP contribution in [0.4, 0.5) is 8.78 Å². The summed E-state index contributed by atoms with van der Waals surface area (Å²) in [6.07, 6.45) is -1.57. The molecule has 5 heteroatoms. The molecule has 2 aromatic rings. The van der Waals surface area contributed by atoms with E-state index in [1.165, 1.54) is 0 Å². The molecular weight excluding hydrogens is 310 g/mol. The van der Waals surface area contributed by atoms with Gasteiger partial charge in [-0.3, -0.25) is 0 Å². The van der Waals surface area contributed by atoms with Gasteiger partial charge in [0.1, 0.15) is 6.10 Å². The minimum Gasteiger partial charge on any atom is -0.385 e. The Morgan fingerprint density at radius 3 is 1.88 bits per heavy atom. The third-order valence-electron chi connectivity index (χ3n) is 4.24. The van der Waals surface area contributed by atoms with Gasteiger partial charge in [-0.25, -0.2) is 8.78 Å². The highest BCUT2D eigenvalue weighted by molar-refractivity contribution is 5.19. The highest BCUT2D eigenvalue weighted by Crippen LogP contribution is 2.27. The monoisotopic (exact) mass is 334 g/mol. The standard InChI is InChI=1S/C19H24F2N2O/c1-23-16(12-14-8-4-2-5-9-14)18(24)19(20,21)17(22)13-15-10-6-3-7-11-15/h2-11,16-18,23-24H,12-13,22H2,1H3/t16-,17?,18?/m0/s1. The zero-order valence-corrected chi connectivity index (χ0v) is 13.7. The average molecular weight is 334 g/mol. The largest absolute Gasteiger partial charge is 0.385 e. The molecule has 0 aliphatic rings. The van der Waals surface area contributed by atoms with Gasteiger partial charge in [-0.2, -0.15) is 0 Å². The molecular formula is C19H24F2N2O. The Morgan fingerprint density at radius 1 is 0.958 bits per heavy atom. The lowest BCUT2D eigenvalue weighted by molar-refractivity contribution is -0.135. The molecule has 0 aromatic heterocycles. The molecule has 0 fully saturated rings. The normalized spacial score (nSPS) is 15.7. The van der Waals surface area contributed by atoms with E-state index >= 15 is 0 Å². The van der Waals surface area contributed by atoms with Crippen LogP contribution in [0.5, 0.6) is 0 Å². The number of benzene rings is 2. The molecule has 0 spiro atoms. The molecule has 0 heterocycles. The van der Waals surface area contributed by atoms with Gasteiger partial charge in [-0.1, -0.05) is 60.7 Å². The number of rotatable bonds is 8. The zero-order chi connectivity index (χ0) is 17.6. The second-order valence-corrected chi connectivity index (χ2v) is 6.00. The van der Waals surface area contributed by atoms with Crippen molar-refractivity contribution < 1.29 is 13.9 Å². The predicted octanol–water partition coefficient (Wildman–Crippen LogP) is 2.38. The fourth-order valence-corrected chi connectivity index (χ4v) is 2.73. The second kappa shape index (κ2) is 8.33. The lowest BCUT2D eigenvalue weighted by Gasteiger charge is -2.33. The van der Waals surface area contributed by atoms with Crippen molar-refractivity contribution in [3.05, 3.63) is 71.8 Å². The molecule has 0 bridgehead atoms.